The Balaban J connectivity index is 2.40. The molecule has 2 N–H and O–H groups in total. The quantitative estimate of drug-likeness (QED) is 0.815. The molecule has 0 atom stereocenters. The molecule has 2 aromatic rings. The van der Waals surface area contributed by atoms with Gasteiger partial charge in [-0.2, -0.15) is 0 Å². The molecule has 0 aliphatic heterocycles. The van der Waals surface area contributed by atoms with Gasteiger partial charge in [0.2, 0.25) is 0 Å². The molecule has 1 aromatic carbocycles. The lowest BCUT2D eigenvalue weighted by Gasteiger charge is -2.12. The van der Waals surface area contributed by atoms with Crippen molar-refractivity contribution in [3.8, 4) is 11.5 Å². The van der Waals surface area contributed by atoms with E-state index in [2.05, 4.69) is 36.8 Å². The highest BCUT2D eigenvalue weighted by Gasteiger charge is 2.09. The Morgan fingerprint density at radius 3 is 2.71 bits per heavy atom. The molecule has 0 spiro atoms. The smallest absolute Gasteiger partial charge is 0.153 e. The monoisotopic (exact) mass is 356 g/mol. The largest absolute Gasteiger partial charge is 0.454 e. The van der Waals surface area contributed by atoms with Crippen molar-refractivity contribution >= 4 is 37.5 Å². The third kappa shape index (κ3) is 2.79. The number of halogens is 2. The predicted octanol–water partition coefficient (Wildman–Crippen LogP) is 4.29. The van der Waals surface area contributed by atoms with Gasteiger partial charge in [-0.1, -0.05) is 15.9 Å². The lowest BCUT2D eigenvalue weighted by molar-refractivity contribution is 0.477. The normalized spacial score (nSPS) is 10.3. The molecule has 3 nitrogen and oxygen atoms in total. The number of anilines is 1. The van der Waals surface area contributed by atoms with Crippen molar-refractivity contribution in [1.82, 2.24) is 4.98 Å². The summed E-state index contributed by atoms with van der Waals surface area (Å²) < 4.78 is 7.52. The van der Waals surface area contributed by atoms with Crippen molar-refractivity contribution in [3.05, 3.63) is 45.1 Å². The fourth-order valence-corrected chi connectivity index (χ4v) is 2.37. The molecule has 0 amide bonds. The first kappa shape index (κ1) is 12.4. The molecular formula is C12H10Br2N2O. The molecule has 0 saturated heterocycles. The van der Waals surface area contributed by atoms with Crippen LogP contribution in [0.3, 0.4) is 0 Å². The van der Waals surface area contributed by atoms with E-state index in [1.54, 1.807) is 18.5 Å². The summed E-state index contributed by atoms with van der Waals surface area (Å²) >= 11 is 6.77. The first-order valence-electron chi connectivity index (χ1n) is 4.91. The zero-order valence-electron chi connectivity index (χ0n) is 9.08. The average molecular weight is 358 g/mol. The number of hydrogen-bond acceptors (Lipinski definition) is 3. The summed E-state index contributed by atoms with van der Waals surface area (Å²) in [4.78, 5) is 3.98. The fourth-order valence-electron chi connectivity index (χ4n) is 1.45. The number of benzene rings is 1. The van der Waals surface area contributed by atoms with Crippen LogP contribution in [0.5, 0.6) is 11.5 Å². The van der Waals surface area contributed by atoms with Gasteiger partial charge in [0, 0.05) is 22.9 Å². The summed E-state index contributed by atoms with van der Waals surface area (Å²) in [6.07, 6.45) is 3.35. The highest BCUT2D eigenvalue weighted by atomic mass is 79.9. The van der Waals surface area contributed by atoms with Crippen LogP contribution in [-0.4, -0.2) is 4.98 Å². The van der Waals surface area contributed by atoms with Crippen LogP contribution in [0.25, 0.3) is 0 Å². The highest BCUT2D eigenvalue weighted by Crippen LogP contribution is 2.36. The van der Waals surface area contributed by atoms with E-state index in [-0.39, 0.29) is 0 Å². The molecule has 0 radical (unpaired) electrons. The maximum atomic E-state index is 5.93. The van der Waals surface area contributed by atoms with Gasteiger partial charge in [-0.05, 0) is 40.5 Å². The number of aromatic nitrogens is 1. The lowest BCUT2D eigenvalue weighted by atomic mass is 10.2. The second-order valence-corrected chi connectivity index (χ2v) is 5.32. The summed E-state index contributed by atoms with van der Waals surface area (Å²) in [6.45, 7) is 1.95. The molecule has 0 bridgehead atoms. The summed E-state index contributed by atoms with van der Waals surface area (Å²) in [5.41, 5.74) is 7.50. The Morgan fingerprint density at radius 1 is 1.29 bits per heavy atom. The zero-order valence-corrected chi connectivity index (χ0v) is 12.2. The molecule has 0 unspecified atom stereocenters. The Labute approximate surface area is 116 Å². The maximum absolute atomic E-state index is 5.93. The molecule has 88 valence electrons. The molecule has 2 rings (SSSR count). The second kappa shape index (κ2) is 5.06. The molecule has 0 saturated carbocycles. The fraction of sp³-hybridized carbons (Fsp3) is 0.0833. The van der Waals surface area contributed by atoms with E-state index in [0.717, 1.165) is 14.5 Å². The minimum absolute atomic E-state index is 0.598. The second-order valence-electron chi connectivity index (χ2n) is 3.55. The van der Waals surface area contributed by atoms with Gasteiger partial charge in [0.05, 0.1) is 10.2 Å². The summed E-state index contributed by atoms with van der Waals surface area (Å²) in [5, 5.41) is 0. The van der Waals surface area contributed by atoms with Crippen LogP contribution in [-0.2, 0) is 0 Å². The minimum Gasteiger partial charge on any atom is -0.454 e. The topological polar surface area (TPSA) is 48.1 Å². The van der Waals surface area contributed by atoms with Crippen LogP contribution in [0.1, 0.15) is 5.56 Å². The molecule has 5 heteroatoms. The van der Waals surface area contributed by atoms with Crippen LogP contribution in [0.15, 0.2) is 39.5 Å². The zero-order chi connectivity index (χ0) is 12.4. The van der Waals surface area contributed by atoms with Gasteiger partial charge in [-0.3, -0.25) is 4.98 Å². The van der Waals surface area contributed by atoms with Crippen LogP contribution in [0.4, 0.5) is 5.69 Å². The number of nitrogens with two attached hydrogens (primary N) is 1. The Bertz CT molecular complexity index is 535. The Kier molecular flexibility index (Phi) is 3.69. The van der Waals surface area contributed by atoms with E-state index in [1.807, 2.05) is 19.1 Å². The van der Waals surface area contributed by atoms with Crippen molar-refractivity contribution in [2.75, 3.05) is 5.73 Å². The third-order valence-electron chi connectivity index (χ3n) is 2.22. The molecule has 0 aliphatic carbocycles. The van der Waals surface area contributed by atoms with E-state index >= 15 is 0 Å². The Hall–Kier alpha value is -1.07. The van der Waals surface area contributed by atoms with Gasteiger partial charge in [0.1, 0.15) is 5.75 Å². The number of aryl methyl sites for hydroxylation is 1. The molecule has 17 heavy (non-hydrogen) atoms. The molecule has 0 aliphatic rings. The van der Waals surface area contributed by atoms with Crippen molar-refractivity contribution in [2.45, 2.75) is 6.92 Å². The van der Waals surface area contributed by atoms with Crippen molar-refractivity contribution < 1.29 is 4.74 Å². The molecular weight excluding hydrogens is 348 g/mol. The standard InChI is InChI=1S/C12H10Br2N2O/c1-7-4-8(13)5-10(15)12(7)17-11-2-3-16-6-9(11)14/h2-6H,15H2,1H3. The number of rotatable bonds is 2. The highest BCUT2D eigenvalue weighted by molar-refractivity contribution is 9.10. The summed E-state index contributed by atoms with van der Waals surface area (Å²) in [7, 11) is 0. The summed E-state index contributed by atoms with van der Waals surface area (Å²) in [5.74, 6) is 1.36. The van der Waals surface area contributed by atoms with Gasteiger partial charge in [-0.15, -0.1) is 0 Å². The number of ether oxygens (including phenoxy) is 1. The van der Waals surface area contributed by atoms with Gasteiger partial charge in [0.25, 0.3) is 0 Å². The van der Waals surface area contributed by atoms with Crippen molar-refractivity contribution in [3.63, 3.8) is 0 Å². The Morgan fingerprint density at radius 2 is 2.06 bits per heavy atom. The molecule has 1 aromatic heterocycles. The molecule has 1 heterocycles. The first-order valence-corrected chi connectivity index (χ1v) is 6.49. The van der Waals surface area contributed by atoms with E-state index < -0.39 is 0 Å². The third-order valence-corrected chi connectivity index (χ3v) is 3.27. The van der Waals surface area contributed by atoms with Crippen molar-refractivity contribution in [2.24, 2.45) is 0 Å². The van der Waals surface area contributed by atoms with Gasteiger partial charge in [-0.25, -0.2) is 0 Å². The van der Waals surface area contributed by atoms with Crippen molar-refractivity contribution in [1.29, 1.82) is 0 Å². The lowest BCUT2D eigenvalue weighted by Crippen LogP contribution is -1.95. The van der Waals surface area contributed by atoms with Crippen LogP contribution >= 0.6 is 31.9 Å². The summed E-state index contributed by atoms with van der Waals surface area (Å²) in [6, 6.07) is 5.56. The van der Waals surface area contributed by atoms with Crippen LogP contribution in [0, 0.1) is 6.92 Å². The number of pyridine rings is 1. The van der Waals surface area contributed by atoms with Gasteiger partial charge >= 0.3 is 0 Å². The first-order chi connectivity index (χ1) is 8.08. The number of nitrogens with zero attached hydrogens (tertiary/aromatic N) is 1. The van der Waals surface area contributed by atoms with Crippen LogP contribution < -0.4 is 10.5 Å². The van der Waals surface area contributed by atoms with E-state index in [0.29, 0.717) is 17.2 Å². The van der Waals surface area contributed by atoms with Gasteiger partial charge < -0.3 is 10.5 Å². The van der Waals surface area contributed by atoms with Crippen LogP contribution in [0.2, 0.25) is 0 Å². The minimum atomic E-state index is 0.598. The van der Waals surface area contributed by atoms with E-state index in [9.17, 15) is 0 Å². The van der Waals surface area contributed by atoms with E-state index in [4.69, 9.17) is 10.5 Å². The number of nitrogen functional groups attached to an aromatic ring is 1. The SMILES string of the molecule is Cc1cc(Br)cc(N)c1Oc1ccncc1Br. The maximum Gasteiger partial charge on any atom is 0.153 e. The average Bonchev–Trinajstić information content (AvgIpc) is 2.25. The van der Waals surface area contributed by atoms with E-state index in [1.165, 1.54) is 0 Å². The molecule has 0 fully saturated rings. The number of hydrogen-bond donors (Lipinski definition) is 1. The van der Waals surface area contributed by atoms with Gasteiger partial charge in [0.15, 0.2) is 5.75 Å². The predicted molar refractivity (Wildman–Crippen MR) is 75.3 cm³/mol.